The summed E-state index contributed by atoms with van der Waals surface area (Å²) >= 11 is 0. The van der Waals surface area contributed by atoms with Gasteiger partial charge in [0, 0.05) is 38.2 Å². The third kappa shape index (κ3) is 3.19. The molecule has 1 aromatic carbocycles. The summed E-state index contributed by atoms with van der Waals surface area (Å²) in [7, 11) is 0. The van der Waals surface area contributed by atoms with Crippen molar-refractivity contribution in [3.63, 3.8) is 0 Å². The minimum absolute atomic E-state index is 0.00752. The first-order valence-corrected chi connectivity index (χ1v) is 9.89. The number of hydrogen-bond donors (Lipinski definition) is 1. The van der Waals surface area contributed by atoms with E-state index in [-0.39, 0.29) is 24.1 Å². The summed E-state index contributed by atoms with van der Waals surface area (Å²) in [5, 5.41) is 0. The molecule has 1 N–H and O–H groups in total. The first-order valence-electron chi connectivity index (χ1n) is 9.89. The van der Waals surface area contributed by atoms with Crippen LogP contribution in [0.2, 0.25) is 0 Å². The molecule has 0 saturated carbocycles. The minimum Gasteiger partial charge on any atom is -0.348 e. The third-order valence-electron chi connectivity index (χ3n) is 6.05. The van der Waals surface area contributed by atoms with Gasteiger partial charge in [0.15, 0.2) is 0 Å². The van der Waals surface area contributed by atoms with Gasteiger partial charge < -0.3 is 14.8 Å². The number of hydrogen-bond acceptors (Lipinski definition) is 3. The minimum atomic E-state index is -0.434. The van der Waals surface area contributed by atoms with Gasteiger partial charge in [-0.25, -0.2) is 9.37 Å². The van der Waals surface area contributed by atoms with Crippen molar-refractivity contribution in [3.8, 4) is 0 Å². The van der Waals surface area contributed by atoms with Crippen LogP contribution >= 0.6 is 0 Å². The van der Waals surface area contributed by atoms with Crippen LogP contribution in [0.25, 0.3) is 0 Å². The lowest BCUT2D eigenvalue weighted by Crippen LogP contribution is -2.58. The van der Waals surface area contributed by atoms with E-state index in [4.69, 9.17) is 0 Å². The number of aromatic amines is 1. The molecule has 7 heteroatoms. The maximum atomic E-state index is 13.4. The van der Waals surface area contributed by atoms with Gasteiger partial charge in [0.25, 0.3) is 0 Å². The largest absolute Gasteiger partial charge is 0.348 e. The van der Waals surface area contributed by atoms with Gasteiger partial charge >= 0.3 is 0 Å². The normalized spacial score (nSPS) is 18.2. The van der Waals surface area contributed by atoms with E-state index in [0.29, 0.717) is 44.5 Å². The number of imidazole rings is 1. The Morgan fingerprint density at radius 1 is 1.21 bits per heavy atom. The van der Waals surface area contributed by atoms with Crippen molar-refractivity contribution < 1.29 is 14.0 Å². The molecule has 148 valence electrons. The molecule has 2 aromatic rings. The van der Waals surface area contributed by atoms with E-state index in [1.54, 1.807) is 18.5 Å². The molecule has 3 heterocycles. The van der Waals surface area contributed by atoms with Gasteiger partial charge in [-0.1, -0.05) is 19.1 Å². The van der Waals surface area contributed by atoms with Crippen LogP contribution in [0.15, 0.2) is 30.6 Å². The standard InChI is InChI=1S/C21H25FN4O2/c1-2-18(27)26-9-6-17-20(24-14-23-17)21(26)7-10-25(11-8-21)19(28)13-15-4-3-5-16(22)12-15/h3-5,12,14H,2,6-11,13H2,1H3,(H,23,24). The van der Waals surface area contributed by atoms with Crippen LogP contribution in [0.1, 0.15) is 43.1 Å². The molecule has 1 spiro atoms. The zero-order chi connectivity index (χ0) is 19.7. The fraction of sp³-hybridized carbons (Fsp3) is 0.476. The molecular weight excluding hydrogens is 359 g/mol. The number of benzene rings is 1. The van der Waals surface area contributed by atoms with E-state index in [2.05, 4.69) is 9.97 Å². The molecule has 28 heavy (non-hydrogen) atoms. The molecule has 2 amide bonds. The molecule has 1 aromatic heterocycles. The molecule has 6 nitrogen and oxygen atoms in total. The lowest BCUT2D eigenvalue weighted by atomic mass is 9.78. The molecule has 2 aliphatic rings. The van der Waals surface area contributed by atoms with Crippen molar-refractivity contribution in [2.75, 3.05) is 19.6 Å². The van der Waals surface area contributed by atoms with Crippen LogP contribution in [0.3, 0.4) is 0 Å². The molecule has 0 radical (unpaired) electrons. The van der Waals surface area contributed by atoms with E-state index in [1.807, 2.05) is 16.7 Å². The number of H-pyrrole nitrogens is 1. The molecular formula is C21H25FN4O2. The molecule has 1 saturated heterocycles. The van der Waals surface area contributed by atoms with Crippen molar-refractivity contribution in [1.29, 1.82) is 0 Å². The van der Waals surface area contributed by atoms with E-state index >= 15 is 0 Å². The monoisotopic (exact) mass is 384 g/mol. The summed E-state index contributed by atoms with van der Waals surface area (Å²) in [6.45, 7) is 3.69. The van der Waals surface area contributed by atoms with Crippen molar-refractivity contribution in [1.82, 2.24) is 19.8 Å². The molecule has 4 rings (SSSR count). The summed E-state index contributed by atoms with van der Waals surface area (Å²) in [4.78, 5) is 36.9. The SMILES string of the molecule is CCC(=O)N1CCc2[nH]cnc2C12CCN(C(=O)Cc1cccc(F)c1)CC2. The highest BCUT2D eigenvalue weighted by Crippen LogP contribution is 2.42. The highest BCUT2D eigenvalue weighted by molar-refractivity contribution is 5.79. The Hall–Kier alpha value is -2.70. The van der Waals surface area contributed by atoms with E-state index in [9.17, 15) is 14.0 Å². The number of piperidine rings is 1. The zero-order valence-electron chi connectivity index (χ0n) is 16.1. The number of amides is 2. The van der Waals surface area contributed by atoms with E-state index in [0.717, 1.165) is 17.8 Å². The third-order valence-corrected chi connectivity index (χ3v) is 6.05. The average molecular weight is 384 g/mol. The molecule has 0 atom stereocenters. The van der Waals surface area contributed by atoms with Crippen LogP contribution < -0.4 is 0 Å². The fourth-order valence-electron chi connectivity index (χ4n) is 4.60. The van der Waals surface area contributed by atoms with E-state index in [1.165, 1.54) is 12.1 Å². The van der Waals surface area contributed by atoms with Gasteiger partial charge in [-0.2, -0.15) is 0 Å². The number of fused-ring (bicyclic) bond motifs is 2. The fourth-order valence-corrected chi connectivity index (χ4v) is 4.60. The van der Waals surface area contributed by atoms with Crippen LogP contribution in [-0.4, -0.2) is 51.2 Å². The predicted octanol–water partition coefficient (Wildman–Crippen LogP) is 2.40. The number of carbonyl (C=O) groups is 2. The Balaban J connectivity index is 1.51. The lowest BCUT2D eigenvalue weighted by Gasteiger charge is -2.50. The van der Waals surface area contributed by atoms with Gasteiger partial charge in [0.05, 0.1) is 24.0 Å². The molecule has 1 fully saturated rings. The first-order chi connectivity index (χ1) is 13.5. The predicted molar refractivity (Wildman–Crippen MR) is 102 cm³/mol. The number of nitrogens with zero attached hydrogens (tertiary/aromatic N) is 3. The van der Waals surface area contributed by atoms with Gasteiger partial charge in [0.1, 0.15) is 5.82 Å². The number of carbonyl (C=O) groups excluding carboxylic acids is 2. The topological polar surface area (TPSA) is 69.3 Å². The second-order valence-electron chi connectivity index (χ2n) is 7.60. The Labute approximate surface area is 163 Å². The highest BCUT2D eigenvalue weighted by atomic mass is 19.1. The number of rotatable bonds is 3. The van der Waals surface area contributed by atoms with Crippen molar-refractivity contribution in [2.24, 2.45) is 0 Å². The first kappa shape index (κ1) is 18.7. The number of halogens is 1. The molecule has 2 aliphatic heterocycles. The summed E-state index contributed by atoms with van der Waals surface area (Å²) in [5.74, 6) is -0.204. The van der Waals surface area contributed by atoms with Gasteiger partial charge in [-0.15, -0.1) is 0 Å². The maximum Gasteiger partial charge on any atom is 0.226 e. The van der Waals surface area contributed by atoms with Crippen LogP contribution in [0, 0.1) is 5.82 Å². The van der Waals surface area contributed by atoms with E-state index < -0.39 is 5.54 Å². The number of nitrogens with one attached hydrogen (secondary N) is 1. The highest BCUT2D eigenvalue weighted by Gasteiger charge is 2.48. The van der Waals surface area contributed by atoms with Gasteiger partial charge in [-0.3, -0.25) is 9.59 Å². The van der Waals surface area contributed by atoms with Crippen LogP contribution in [0.4, 0.5) is 4.39 Å². The second-order valence-corrected chi connectivity index (χ2v) is 7.60. The zero-order valence-corrected chi connectivity index (χ0v) is 16.1. The van der Waals surface area contributed by atoms with Gasteiger partial charge in [0.2, 0.25) is 11.8 Å². The van der Waals surface area contributed by atoms with Crippen molar-refractivity contribution in [3.05, 3.63) is 53.4 Å². The van der Waals surface area contributed by atoms with Crippen LogP contribution in [0.5, 0.6) is 0 Å². The molecule has 0 aliphatic carbocycles. The quantitative estimate of drug-likeness (QED) is 0.884. The Morgan fingerprint density at radius 2 is 2.00 bits per heavy atom. The smallest absolute Gasteiger partial charge is 0.226 e. The second kappa shape index (κ2) is 7.37. The lowest BCUT2D eigenvalue weighted by molar-refractivity contribution is -0.144. The van der Waals surface area contributed by atoms with Gasteiger partial charge in [-0.05, 0) is 30.5 Å². The Morgan fingerprint density at radius 3 is 2.71 bits per heavy atom. The van der Waals surface area contributed by atoms with Crippen molar-refractivity contribution >= 4 is 11.8 Å². The maximum absolute atomic E-state index is 13.4. The summed E-state index contributed by atoms with van der Waals surface area (Å²) in [5.41, 5.74) is 2.30. The Kier molecular flexibility index (Phi) is 4.91. The number of likely N-dealkylation sites (tertiary alicyclic amines) is 1. The Bertz CT molecular complexity index is 886. The summed E-state index contributed by atoms with van der Waals surface area (Å²) < 4.78 is 13.4. The number of aromatic nitrogens is 2. The summed E-state index contributed by atoms with van der Waals surface area (Å²) in [6.07, 6.45) is 4.48. The molecule has 0 unspecified atom stereocenters. The molecule has 0 bridgehead atoms. The summed E-state index contributed by atoms with van der Waals surface area (Å²) in [6, 6.07) is 6.17. The van der Waals surface area contributed by atoms with Crippen LogP contribution in [-0.2, 0) is 28.0 Å². The van der Waals surface area contributed by atoms with Crippen molar-refractivity contribution in [2.45, 2.75) is 44.6 Å². The average Bonchev–Trinajstić information content (AvgIpc) is 3.18.